The van der Waals surface area contributed by atoms with Gasteiger partial charge in [-0.05, 0) is 100 Å². The SMILES string of the molecule is COc1ccc(NC(=O)Nc2ccc3c(c2)C(=O)N([C@H](C)CO)C[C@H](C)[C@H](CN(C)Cc2ccc(C(=O)O)cc2)OCCCC[C@H](C)O3)cc1. The molecule has 0 unspecified atom stereocenters. The molecule has 50 heavy (non-hydrogen) atoms. The first-order chi connectivity index (χ1) is 24.0. The quantitative estimate of drug-likeness (QED) is 0.202. The van der Waals surface area contributed by atoms with E-state index in [4.69, 9.17) is 14.2 Å². The Morgan fingerprint density at radius 2 is 1.70 bits per heavy atom. The van der Waals surface area contributed by atoms with Gasteiger partial charge in [0.25, 0.3) is 5.91 Å². The van der Waals surface area contributed by atoms with E-state index < -0.39 is 18.0 Å². The number of hydrogen-bond donors (Lipinski definition) is 4. The molecule has 0 bridgehead atoms. The number of likely N-dealkylation sites (N-methyl/N-ethyl adjacent to an activating group) is 1. The smallest absolute Gasteiger partial charge is 0.335 e. The van der Waals surface area contributed by atoms with Gasteiger partial charge in [-0.25, -0.2) is 9.59 Å². The van der Waals surface area contributed by atoms with E-state index in [9.17, 15) is 24.6 Å². The van der Waals surface area contributed by atoms with Crippen LogP contribution in [0.2, 0.25) is 0 Å². The third kappa shape index (κ3) is 10.9. The number of ether oxygens (including phenoxy) is 3. The average Bonchev–Trinajstić information content (AvgIpc) is 3.10. The van der Waals surface area contributed by atoms with E-state index in [1.807, 2.05) is 33.0 Å². The van der Waals surface area contributed by atoms with Gasteiger partial charge < -0.3 is 40.0 Å². The van der Waals surface area contributed by atoms with Crippen LogP contribution in [0, 0.1) is 5.92 Å². The minimum Gasteiger partial charge on any atom is -0.497 e. The number of urea groups is 1. The number of rotatable bonds is 10. The molecule has 4 atom stereocenters. The Kier molecular flexibility index (Phi) is 14.0. The Hall–Kier alpha value is -4.65. The molecule has 12 heteroatoms. The first kappa shape index (κ1) is 38.2. The number of amides is 3. The van der Waals surface area contributed by atoms with E-state index in [0.29, 0.717) is 49.1 Å². The van der Waals surface area contributed by atoms with Gasteiger partial charge in [-0.3, -0.25) is 9.69 Å². The number of aliphatic hydroxyl groups excluding tert-OH is 1. The maximum atomic E-state index is 14.4. The van der Waals surface area contributed by atoms with E-state index in [1.54, 1.807) is 73.5 Å². The van der Waals surface area contributed by atoms with Crippen LogP contribution < -0.4 is 20.1 Å². The molecule has 3 amide bonds. The van der Waals surface area contributed by atoms with Gasteiger partial charge in [0.2, 0.25) is 0 Å². The fourth-order valence-electron chi connectivity index (χ4n) is 5.87. The molecule has 0 radical (unpaired) electrons. The fourth-order valence-corrected chi connectivity index (χ4v) is 5.87. The van der Waals surface area contributed by atoms with Gasteiger partial charge in [-0.15, -0.1) is 0 Å². The van der Waals surface area contributed by atoms with E-state index in [1.165, 1.54) is 0 Å². The van der Waals surface area contributed by atoms with E-state index >= 15 is 0 Å². The number of benzene rings is 3. The van der Waals surface area contributed by atoms with Crippen molar-refractivity contribution < 1.29 is 38.8 Å². The van der Waals surface area contributed by atoms with E-state index in [-0.39, 0.29) is 41.8 Å². The number of anilines is 2. The molecule has 3 aromatic carbocycles. The molecule has 3 aromatic rings. The summed E-state index contributed by atoms with van der Waals surface area (Å²) in [4.78, 5) is 42.3. The number of carbonyl (C=O) groups excluding carboxylic acids is 2. The lowest BCUT2D eigenvalue weighted by atomic mass is 10.0. The van der Waals surface area contributed by atoms with Crippen molar-refractivity contribution in [1.29, 1.82) is 0 Å². The van der Waals surface area contributed by atoms with Gasteiger partial charge >= 0.3 is 12.0 Å². The van der Waals surface area contributed by atoms with Crippen molar-refractivity contribution >= 4 is 29.3 Å². The average molecular weight is 691 g/mol. The molecule has 270 valence electrons. The number of aromatic carboxylic acids is 1. The van der Waals surface area contributed by atoms with Crippen LogP contribution >= 0.6 is 0 Å². The Bertz CT molecular complexity index is 1570. The zero-order valence-corrected chi connectivity index (χ0v) is 29.6. The monoisotopic (exact) mass is 690 g/mol. The predicted octanol–water partition coefficient (Wildman–Crippen LogP) is 5.96. The number of methoxy groups -OCH3 is 1. The fraction of sp³-hybridized carbons (Fsp3) is 0.447. The molecule has 1 aliphatic rings. The number of carbonyl (C=O) groups is 3. The van der Waals surface area contributed by atoms with Crippen LogP contribution in [0.1, 0.15) is 66.3 Å². The Morgan fingerprint density at radius 1 is 1.02 bits per heavy atom. The van der Waals surface area contributed by atoms with Crippen molar-refractivity contribution in [1.82, 2.24) is 9.80 Å². The van der Waals surface area contributed by atoms with E-state index in [0.717, 1.165) is 24.8 Å². The van der Waals surface area contributed by atoms with Crippen LogP contribution in [0.5, 0.6) is 11.5 Å². The largest absolute Gasteiger partial charge is 0.497 e. The zero-order chi connectivity index (χ0) is 36.2. The van der Waals surface area contributed by atoms with Crippen LogP contribution in [-0.2, 0) is 11.3 Å². The second-order valence-corrected chi connectivity index (χ2v) is 13.0. The van der Waals surface area contributed by atoms with Gasteiger partial charge in [-0.2, -0.15) is 0 Å². The van der Waals surface area contributed by atoms with Crippen LogP contribution in [-0.4, -0.2) is 96.6 Å². The third-order valence-corrected chi connectivity index (χ3v) is 8.80. The lowest BCUT2D eigenvalue weighted by Crippen LogP contribution is -2.47. The normalized spacial score (nSPS) is 19.5. The van der Waals surface area contributed by atoms with Crippen molar-refractivity contribution in [2.24, 2.45) is 5.92 Å². The lowest BCUT2D eigenvalue weighted by Gasteiger charge is -2.36. The van der Waals surface area contributed by atoms with Crippen molar-refractivity contribution in [3.05, 3.63) is 83.4 Å². The van der Waals surface area contributed by atoms with Crippen molar-refractivity contribution in [3.8, 4) is 11.5 Å². The molecule has 4 rings (SSSR count). The molecule has 0 fully saturated rings. The van der Waals surface area contributed by atoms with Crippen LogP contribution in [0.15, 0.2) is 66.7 Å². The summed E-state index contributed by atoms with van der Waals surface area (Å²) in [5.74, 6) is -0.338. The minimum absolute atomic E-state index is 0.118. The molecule has 0 saturated carbocycles. The first-order valence-electron chi connectivity index (χ1n) is 17.0. The summed E-state index contributed by atoms with van der Waals surface area (Å²) >= 11 is 0. The Morgan fingerprint density at radius 3 is 2.36 bits per heavy atom. The Balaban J connectivity index is 1.56. The number of aliphatic hydroxyl groups is 1. The summed E-state index contributed by atoms with van der Waals surface area (Å²) in [6.45, 7) is 7.57. The number of fused-ring (bicyclic) bond motifs is 1. The maximum Gasteiger partial charge on any atom is 0.335 e. The minimum atomic E-state index is -0.964. The van der Waals surface area contributed by atoms with Gasteiger partial charge in [0, 0.05) is 43.5 Å². The number of carboxylic acids is 1. The molecular weight excluding hydrogens is 640 g/mol. The summed E-state index contributed by atoms with van der Waals surface area (Å²) < 4.78 is 17.9. The maximum absolute atomic E-state index is 14.4. The molecule has 4 N–H and O–H groups in total. The lowest BCUT2D eigenvalue weighted by molar-refractivity contribution is -0.0177. The highest BCUT2D eigenvalue weighted by atomic mass is 16.5. The van der Waals surface area contributed by atoms with Gasteiger partial charge in [0.05, 0.1) is 43.1 Å². The topological polar surface area (TPSA) is 150 Å². The highest BCUT2D eigenvalue weighted by Crippen LogP contribution is 2.29. The Labute approximate surface area is 294 Å². The second kappa shape index (κ2) is 18.4. The molecular formula is C38H50N4O8. The van der Waals surface area contributed by atoms with Gasteiger partial charge in [0.1, 0.15) is 11.5 Å². The summed E-state index contributed by atoms with van der Waals surface area (Å²) in [6, 6.07) is 17.8. The molecule has 1 aliphatic heterocycles. The summed E-state index contributed by atoms with van der Waals surface area (Å²) in [5.41, 5.74) is 2.48. The molecule has 1 heterocycles. The second-order valence-electron chi connectivity index (χ2n) is 13.0. The number of nitrogens with one attached hydrogen (secondary N) is 2. The van der Waals surface area contributed by atoms with E-state index in [2.05, 4.69) is 15.5 Å². The number of nitrogens with zero attached hydrogens (tertiary/aromatic N) is 2. The molecule has 0 spiro atoms. The molecule has 12 nitrogen and oxygen atoms in total. The predicted molar refractivity (Wildman–Crippen MR) is 192 cm³/mol. The van der Waals surface area contributed by atoms with Crippen LogP contribution in [0.3, 0.4) is 0 Å². The first-order valence-corrected chi connectivity index (χ1v) is 17.0. The summed E-state index contributed by atoms with van der Waals surface area (Å²) in [6.07, 6.45) is 2.05. The van der Waals surface area contributed by atoms with Crippen molar-refractivity contribution in [3.63, 3.8) is 0 Å². The molecule has 0 aromatic heterocycles. The van der Waals surface area contributed by atoms with Crippen molar-refractivity contribution in [2.45, 2.75) is 64.8 Å². The number of carboxylic acid groups (broad SMARTS) is 1. The zero-order valence-electron chi connectivity index (χ0n) is 29.6. The summed E-state index contributed by atoms with van der Waals surface area (Å²) in [7, 11) is 3.56. The number of hydrogen-bond acceptors (Lipinski definition) is 8. The molecule has 0 saturated heterocycles. The standard InChI is InChI=1S/C38H50N4O8/c1-25-21-42(26(2)24-43)36(44)33-20-31(40-38(47)39-30-13-16-32(48-5)17-14-30)15-18-34(33)50-27(3)8-6-7-19-49-35(25)23-41(4)22-28-9-11-29(12-10-28)37(45)46/h9-18,20,25-27,35,43H,6-8,19,21-24H2,1-5H3,(H,45,46)(H2,39,40,47)/t25-,26+,27-,35-/m0/s1. The molecule has 0 aliphatic carbocycles. The highest BCUT2D eigenvalue weighted by molar-refractivity contribution is 6.02. The van der Waals surface area contributed by atoms with Crippen molar-refractivity contribution in [2.75, 3.05) is 51.1 Å². The van der Waals surface area contributed by atoms with Crippen LogP contribution in [0.4, 0.5) is 16.2 Å². The van der Waals surface area contributed by atoms with Gasteiger partial charge in [0.15, 0.2) is 0 Å². The van der Waals surface area contributed by atoms with Gasteiger partial charge in [-0.1, -0.05) is 19.1 Å². The van der Waals surface area contributed by atoms with Crippen LogP contribution in [0.25, 0.3) is 0 Å². The third-order valence-electron chi connectivity index (χ3n) is 8.80. The highest BCUT2D eigenvalue weighted by Gasteiger charge is 2.30. The summed E-state index contributed by atoms with van der Waals surface area (Å²) in [5, 5.41) is 25.1.